The number of hydrogen-bond acceptors (Lipinski definition) is 2. The van der Waals surface area contributed by atoms with Crippen molar-refractivity contribution in [2.24, 2.45) is 5.92 Å². The second kappa shape index (κ2) is 8.00. The van der Waals surface area contributed by atoms with E-state index in [-0.39, 0.29) is 5.91 Å². The molecule has 1 amide bonds. The quantitative estimate of drug-likeness (QED) is 0.854. The Morgan fingerprint density at radius 1 is 1.00 bits per heavy atom. The molecule has 2 aromatic carbocycles. The van der Waals surface area contributed by atoms with Crippen molar-refractivity contribution in [2.75, 3.05) is 18.8 Å². The first-order valence-electron chi connectivity index (χ1n) is 8.87. The second-order valence-electron chi connectivity index (χ2n) is 6.71. The minimum atomic E-state index is 0.261. The van der Waals surface area contributed by atoms with Crippen LogP contribution in [0.15, 0.2) is 54.6 Å². The Labute approximate surface area is 144 Å². The third kappa shape index (κ3) is 4.38. The summed E-state index contributed by atoms with van der Waals surface area (Å²) in [6.45, 7) is 1.78. The van der Waals surface area contributed by atoms with Crippen molar-refractivity contribution in [1.29, 1.82) is 0 Å². The van der Waals surface area contributed by atoms with Crippen LogP contribution < -0.4 is 5.73 Å². The van der Waals surface area contributed by atoms with E-state index < -0.39 is 0 Å². The maximum atomic E-state index is 12.4. The fourth-order valence-corrected chi connectivity index (χ4v) is 3.50. The van der Waals surface area contributed by atoms with Crippen LogP contribution in [-0.2, 0) is 17.6 Å². The highest BCUT2D eigenvalue weighted by Crippen LogP contribution is 2.22. The average molecular weight is 322 g/mol. The van der Waals surface area contributed by atoms with Gasteiger partial charge in [0.1, 0.15) is 0 Å². The first-order valence-corrected chi connectivity index (χ1v) is 8.87. The molecule has 1 fully saturated rings. The van der Waals surface area contributed by atoms with Gasteiger partial charge < -0.3 is 10.6 Å². The van der Waals surface area contributed by atoms with Crippen molar-refractivity contribution < 1.29 is 4.79 Å². The zero-order valence-corrected chi connectivity index (χ0v) is 14.2. The molecular weight excluding hydrogens is 296 g/mol. The maximum Gasteiger partial charge on any atom is 0.222 e. The number of hydrogen-bond donors (Lipinski definition) is 1. The number of nitrogen functional groups attached to an aromatic ring is 1. The number of aryl methyl sites for hydroxylation is 1. The van der Waals surface area contributed by atoms with E-state index in [2.05, 4.69) is 30.3 Å². The van der Waals surface area contributed by atoms with E-state index in [0.29, 0.717) is 12.3 Å². The van der Waals surface area contributed by atoms with Gasteiger partial charge in [0.15, 0.2) is 0 Å². The number of carbonyl (C=O) groups excluding carboxylic acids is 1. The highest BCUT2D eigenvalue weighted by atomic mass is 16.2. The molecule has 0 unspecified atom stereocenters. The Kier molecular flexibility index (Phi) is 5.52. The molecule has 2 N–H and O–H groups in total. The summed E-state index contributed by atoms with van der Waals surface area (Å²) in [5.41, 5.74) is 9.21. The van der Waals surface area contributed by atoms with E-state index in [1.807, 2.05) is 29.2 Å². The van der Waals surface area contributed by atoms with Crippen LogP contribution in [0.2, 0.25) is 0 Å². The standard InChI is InChI=1S/C21H26N2O/c22-20-9-5-4-8-19(20)10-11-21(24)23-14-12-18(13-15-23)16-17-6-2-1-3-7-17/h1-9,18H,10-16,22H2. The van der Waals surface area contributed by atoms with Gasteiger partial charge in [0.2, 0.25) is 5.91 Å². The number of rotatable bonds is 5. The van der Waals surface area contributed by atoms with Gasteiger partial charge in [0.05, 0.1) is 0 Å². The molecule has 126 valence electrons. The van der Waals surface area contributed by atoms with Crippen LogP contribution in [0.25, 0.3) is 0 Å². The van der Waals surface area contributed by atoms with E-state index in [4.69, 9.17) is 5.73 Å². The summed E-state index contributed by atoms with van der Waals surface area (Å²) in [5, 5.41) is 0. The van der Waals surface area contributed by atoms with Crippen molar-refractivity contribution in [3.8, 4) is 0 Å². The Morgan fingerprint density at radius 3 is 2.38 bits per heavy atom. The first kappa shape index (κ1) is 16.6. The molecule has 3 rings (SSSR count). The molecule has 0 spiro atoms. The molecule has 0 atom stereocenters. The number of amides is 1. The highest BCUT2D eigenvalue weighted by Gasteiger charge is 2.22. The van der Waals surface area contributed by atoms with Crippen LogP contribution in [0.4, 0.5) is 5.69 Å². The number of carbonyl (C=O) groups is 1. The molecule has 24 heavy (non-hydrogen) atoms. The van der Waals surface area contributed by atoms with Crippen molar-refractivity contribution in [2.45, 2.75) is 32.1 Å². The number of para-hydroxylation sites is 1. The number of piperidine rings is 1. The lowest BCUT2D eigenvalue weighted by Gasteiger charge is -2.32. The highest BCUT2D eigenvalue weighted by molar-refractivity contribution is 5.76. The summed E-state index contributed by atoms with van der Waals surface area (Å²) in [6, 6.07) is 18.5. The smallest absolute Gasteiger partial charge is 0.222 e. The van der Waals surface area contributed by atoms with Crippen LogP contribution in [0.5, 0.6) is 0 Å². The fraction of sp³-hybridized carbons (Fsp3) is 0.381. The Hall–Kier alpha value is -2.29. The summed E-state index contributed by atoms with van der Waals surface area (Å²) in [6.07, 6.45) is 4.62. The van der Waals surface area contributed by atoms with Gasteiger partial charge in [-0.25, -0.2) is 0 Å². The van der Waals surface area contributed by atoms with Crippen molar-refractivity contribution in [3.05, 3.63) is 65.7 Å². The van der Waals surface area contributed by atoms with E-state index >= 15 is 0 Å². The number of benzene rings is 2. The molecule has 0 bridgehead atoms. The van der Waals surface area contributed by atoms with Crippen LogP contribution in [0.1, 0.15) is 30.4 Å². The third-order valence-corrected chi connectivity index (χ3v) is 5.00. The predicted molar refractivity (Wildman–Crippen MR) is 98.6 cm³/mol. The first-order chi connectivity index (χ1) is 11.7. The number of anilines is 1. The topological polar surface area (TPSA) is 46.3 Å². The molecule has 3 heteroatoms. The molecule has 0 aliphatic carbocycles. The summed E-state index contributed by atoms with van der Waals surface area (Å²) in [4.78, 5) is 14.5. The predicted octanol–water partition coefficient (Wildman–Crippen LogP) is 3.68. The molecule has 1 saturated heterocycles. The normalized spacial score (nSPS) is 15.4. The zero-order chi connectivity index (χ0) is 16.8. The maximum absolute atomic E-state index is 12.4. The van der Waals surface area contributed by atoms with E-state index in [1.165, 1.54) is 5.56 Å². The molecule has 1 aliphatic heterocycles. The molecule has 0 radical (unpaired) electrons. The lowest BCUT2D eigenvalue weighted by atomic mass is 9.90. The Morgan fingerprint density at radius 2 is 1.67 bits per heavy atom. The number of nitrogens with two attached hydrogens (primary N) is 1. The summed E-state index contributed by atoms with van der Waals surface area (Å²) in [5.74, 6) is 0.956. The monoisotopic (exact) mass is 322 g/mol. The average Bonchev–Trinajstić information content (AvgIpc) is 2.62. The van der Waals surface area contributed by atoms with Crippen LogP contribution in [-0.4, -0.2) is 23.9 Å². The number of nitrogens with zero attached hydrogens (tertiary/aromatic N) is 1. The molecule has 1 heterocycles. The van der Waals surface area contributed by atoms with E-state index in [1.54, 1.807) is 0 Å². The van der Waals surface area contributed by atoms with Gasteiger partial charge >= 0.3 is 0 Å². The van der Waals surface area contributed by atoms with Crippen LogP contribution in [0, 0.1) is 5.92 Å². The summed E-state index contributed by atoms with van der Waals surface area (Å²) < 4.78 is 0. The lowest BCUT2D eigenvalue weighted by molar-refractivity contribution is -0.132. The van der Waals surface area contributed by atoms with Gasteiger partial charge in [0, 0.05) is 25.2 Å². The second-order valence-corrected chi connectivity index (χ2v) is 6.71. The van der Waals surface area contributed by atoms with Crippen LogP contribution in [0.3, 0.4) is 0 Å². The van der Waals surface area contributed by atoms with Gasteiger partial charge in [-0.15, -0.1) is 0 Å². The third-order valence-electron chi connectivity index (χ3n) is 5.00. The molecule has 1 aliphatic rings. The van der Waals surface area contributed by atoms with E-state index in [9.17, 15) is 4.79 Å². The Bertz CT molecular complexity index is 661. The molecular formula is C21H26N2O. The molecule has 0 saturated carbocycles. The van der Waals surface area contributed by atoms with Gasteiger partial charge in [-0.05, 0) is 48.8 Å². The SMILES string of the molecule is Nc1ccccc1CCC(=O)N1CCC(Cc2ccccc2)CC1. The zero-order valence-electron chi connectivity index (χ0n) is 14.2. The van der Waals surface area contributed by atoms with Crippen LogP contribution >= 0.6 is 0 Å². The largest absolute Gasteiger partial charge is 0.399 e. The van der Waals surface area contributed by atoms with Gasteiger partial charge in [-0.2, -0.15) is 0 Å². The summed E-state index contributed by atoms with van der Waals surface area (Å²) in [7, 11) is 0. The van der Waals surface area contributed by atoms with Gasteiger partial charge in [-0.1, -0.05) is 48.5 Å². The van der Waals surface area contributed by atoms with E-state index in [0.717, 1.165) is 50.0 Å². The Balaban J connectivity index is 1.44. The van der Waals surface area contributed by atoms with Crippen molar-refractivity contribution in [1.82, 2.24) is 4.90 Å². The number of likely N-dealkylation sites (tertiary alicyclic amines) is 1. The lowest BCUT2D eigenvalue weighted by Crippen LogP contribution is -2.39. The van der Waals surface area contributed by atoms with Crippen molar-refractivity contribution in [3.63, 3.8) is 0 Å². The van der Waals surface area contributed by atoms with Gasteiger partial charge in [-0.3, -0.25) is 4.79 Å². The van der Waals surface area contributed by atoms with Crippen molar-refractivity contribution >= 4 is 11.6 Å². The molecule has 0 aromatic heterocycles. The minimum absolute atomic E-state index is 0.261. The molecule has 3 nitrogen and oxygen atoms in total. The fourth-order valence-electron chi connectivity index (χ4n) is 3.50. The minimum Gasteiger partial charge on any atom is -0.399 e. The van der Waals surface area contributed by atoms with Gasteiger partial charge in [0.25, 0.3) is 0 Å². The summed E-state index contributed by atoms with van der Waals surface area (Å²) >= 11 is 0. The molecule has 2 aromatic rings.